The van der Waals surface area contributed by atoms with E-state index in [1.165, 1.54) is 7.05 Å². The van der Waals surface area contributed by atoms with Gasteiger partial charge in [0.1, 0.15) is 12.1 Å². The highest BCUT2D eigenvalue weighted by molar-refractivity contribution is 5.92. The van der Waals surface area contributed by atoms with Gasteiger partial charge in [-0.2, -0.15) is 0 Å². The molecule has 2 atom stereocenters. The smallest absolute Gasteiger partial charge is 0.243 e. The van der Waals surface area contributed by atoms with Crippen LogP contribution in [0.5, 0.6) is 0 Å². The average molecular weight is 503 g/mol. The molecule has 0 radical (unpaired) electrons. The minimum Gasteiger partial charge on any atom is -0.359 e. The molecule has 37 heavy (non-hydrogen) atoms. The second kappa shape index (κ2) is 13.8. The molecule has 3 aromatic rings. The largest absolute Gasteiger partial charge is 0.359 e. The molecule has 2 unspecified atom stereocenters. The van der Waals surface area contributed by atoms with Crippen LogP contribution in [0.15, 0.2) is 72.8 Å². The number of rotatable bonds is 12. The first-order valence-corrected chi connectivity index (χ1v) is 12.5. The first-order chi connectivity index (χ1) is 17.9. The van der Waals surface area contributed by atoms with E-state index in [2.05, 4.69) is 21.3 Å². The number of aryl methyl sites for hydroxylation is 1. The highest BCUT2D eigenvalue weighted by Crippen LogP contribution is 2.18. The van der Waals surface area contributed by atoms with E-state index < -0.39 is 18.0 Å². The van der Waals surface area contributed by atoms with E-state index in [1.807, 2.05) is 72.8 Å². The molecule has 0 aliphatic heterocycles. The number of carbonyl (C=O) groups excluding carboxylic acids is 4. The number of hydrogen-bond donors (Lipinski definition) is 4. The number of hydrogen-bond acceptors (Lipinski definition) is 4. The molecule has 0 saturated carbocycles. The first-order valence-electron chi connectivity index (χ1n) is 12.5. The topological polar surface area (TPSA) is 116 Å². The molecule has 3 rings (SSSR count). The van der Waals surface area contributed by atoms with Crippen LogP contribution in [0.3, 0.4) is 0 Å². The molecule has 0 fully saturated rings. The molecule has 4 N–H and O–H groups in total. The maximum atomic E-state index is 13.0. The molecule has 4 amide bonds. The summed E-state index contributed by atoms with van der Waals surface area (Å²) in [7, 11) is 1.51. The number of benzene rings is 3. The van der Waals surface area contributed by atoms with E-state index in [0.717, 1.165) is 21.9 Å². The lowest BCUT2D eigenvalue weighted by Crippen LogP contribution is -2.52. The van der Waals surface area contributed by atoms with E-state index in [4.69, 9.17) is 0 Å². The zero-order chi connectivity index (χ0) is 26.6. The molecule has 8 heteroatoms. The lowest BCUT2D eigenvalue weighted by atomic mass is 10.0. The molecule has 0 heterocycles. The van der Waals surface area contributed by atoms with Gasteiger partial charge in [-0.1, -0.05) is 72.8 Å². The fraction of sp³-hybridized carbons (Fsp3) is 0.310. The molecule has 3 aromatic carbocycles. The zero-order valence-corrected chi connectivity index (χ0v) is 21.3. The summed E-state index contributed by atoms with van der Waals surface area (Å²) >= 11 is 0. The van der Waals surface area contributed by atoms with Crippen molar-refractivity contribution in [3.63, 3.8) is 0 Å². The summed E-state index contributed by atoms with van der Waals surface area (Å²) < 4.78 is 0. The molecule has 0 spiro atoms. The van der Waals surface area contributed by atoms with Gasteiger partial charge in [-0.25, -0.2) is 0 Å². The average Bonchev–Trinajstić information content (AvgIpc) is 2.92. The van der Waals surface area contributed by atoms with Crippen LogP contribution in [0.2, 0.25) is 0 Å². The Labute approximate surface area is 217 Å². The summed E-state index contributed by atoms with van der Waals surface area (Å²) in [5, 5.41) is 12.9. The van der Waals surface area contributed by atoms with Gasteiger partial charge in [0, 0.05) is 26.4 Å². The van der Waals surface area contributed by atoms with Crippen molar-refractivity contribution >= 4 is 34.4 Å². The maximum absolute atomic E-state index is 13.0. The van der Waals surface area contributed by atoms with E-state index in [0.29, 0.717) is 13.0 Å². The molecule has 0 aliphatic rings. The van der Waals surface area contributed by atoms with Gasteiger partial charge in [0.15, 0.2) is 0 Å². The Morgan fingerprint density at radius 2 is 1.46 bits per heavy atom. The van der Waals surface area contributed by atoms with Crippen LogP contribution in [-0.2, 0) is 32.1 Å². The zero-order valence-electron chi connectivity index (χ0n) is 21.3. The predicted molar refractivity (Wildman–Crippen MR) is 143 cm³/mol. The fourth-order valence-electron chi connectivity index (χ4n) is 4.00. The van der Waals surface area contributed by atoms with E-state index >= 15 is 0 Å². The Bertz CT molecular complexity index is 1220. The SMILES string of the molecule is CNC(=O)CCC(NC(=O)CCc1ccccc1)C(=O)NC(C)C(=O)NCc1cccc2ccccc12. The quantitative estimate of drug-likeness (QED) is 0.305. The van der Waals surface area contributed by atoms with Crippen molar-refractivity contribution in [3.05, 3.63) is 83.9 Å². The summed E-state index contributed by atoms with van der Waals surface area (Å²) in [6.45, 7) is 1.90. The second-order valence-corrected chi connectivity index (χ2v) is 8.90. The van der Waals surface area contributed by atoms with Crippen molar-refractivity contribution in [3.8, 4) is 0 Å². The molecule has 0 aromatic heterocycles. The Kier molecular flexibility index (Phi) is 10.2. The van der Waals surface area contributed by atoms with Gasteiger partial charge in [-0.05, 0) is 41.7 Å². The lowest BCUT2D eigenvalue weighted by Gasteiger charge is -2.21. The minimum atomic E-state index is -0.936. The van der Waals surface area contributed by atoms with Crippen LogP contribution >= 0.6 is 0 Å². The summed E-state index contributed by atoms with van der Waals surface area (Å²) in [5.74, 6) is -1.39. The molecular formula is C29H34N4O4. The van der Waals surface area contributed by atoms with Crippen molar-refractivity contribution in [2.75, 3.05) is 7.05 Å². The number of amides is 4. The summed E-state index contributed by atoms with van der Waals surface area (Å²) in [4.78, 5) is 50.0. The van der Waals surface area contributed by atoms with Crippen LogP contribution in [0.1, 0.15) is 37.3 Å². The van der Waals surface area contributed by atoms with E-state index in [9.17, 15) is 19.2 Å². The monoisotopic (exact) mass is 502 g/mol. The number of fused-ring (bicyclic) bond motifs is 1. The summed E-state index contributed by atoms with van der Waals surface area (Å²) in [6.07, 6.45) is 0.917. The molecule has 0 bridgehead atoms. The van der Waals surface area contributed by atoms with Gasteiger partial charge in [0.05, 0.1) is 0 Å². The standard InChI is InChI=1S/C29H34N4O4/c1-20(28(36)31-19-23-13-8-12-22-11-6-7-14-24(22)23)32-29(37)25(16-18-26(34)30-2)33-27(35)17-15-21-9-4-3-5-10-21/h3-14,20,25H,15-19H2,1-2H3,(H,30,34)(H,31,36)(H,32,37)(H,33,35). The summed E-state index contributed by atoms with van der Waals surface area (Å²) in [5.41, 5.74) is 1.99. The highest BCUT2D eigenvalue weighted by Gasteiger charge is 2.25. The normalized spacial score (nSPS) is 12.3. The summed E-state index contributed by atoms with van der Waals surface area (Å²) in [6, 6.07) is 21.6. The van der Waals surface area contributed by atoms with Crippen molar-refractivity contribution in [1.29, 1.82) is 0 Å². The van der Waals surface area contributed by atoms with E-state index in [-0.39, 0.29) is 37.0 Å². The van der Waals surface area contributed by atoms with Crippen LogP contribution in [0, 0.1) is 0 Å². The van der Waals surface area contributed by atoms with E-state index in [1.54, 1.807) is 6.92 Å². The van der Waals surface area contributed by atoms with Gasteiger partial charge >= 0.3 is 0 Å². The molecule has 0 saturated heterocycles. The Balaban J connectivity index is 1.56. The van der Waals surface area contributed by atoms with Gasteiger partial charge < -0.3 is 21.3 Å². The Hall–Kier alpha value is -4.20. The van der Waals surface area contributed by atoms with Crippen LogP contribution in [0.4, 0.5) is 0 Å². The first kappa shape index (κ1) is 27.4. The van der Waals surface area contributed by atoms with Crippen molar-refractivity contribution in [2.24, 2.45) is 0 Å². The van der Waals surface area contributed by atoms with Crippen molar-refractivity contribution in [2.45, 2.75) is 51.2 Å². The van der Waals surface area contributed by atoms with Gasteiger partial charge in [0.2, 0.25) is 23.6 Å². The minimum absolute atomic E-state index is 0.0647. The third-order valence-electron chi connectivity index (χ3n) is 6.16. The van der Waals surface area contributed by atoms with Gasteiger partial charge in [-0.3, -0.25) is 19.2 Å². The van der Waals surface area contributed by atoms with Crippen molar-refractivity contribution in [1.82, 2.24) is 21.3 Å². The van der Waals surface area contributed by atoms with Gasteiger partial charge in [-0.15, -0.1) is 0 Å². The third kappa shape index (κ3) is 8.45. The maximum Gasteiger partial charge on any atom is 0.243 e. The fourth-order valence-corrected chi connectivity index (χ4v) is 4.00. The second-order valence-electron chi connectivity index (χ2n) is 8.90. The third-order valence-corrected chi connectivity index (χ3v) is 6.16. The number of nitrogens with one attached hydrogen (secondary N) is 4. The Morgan fingerprint density at radius 3 is 2.22 bits per heavy atom. The highest BCUT2D eigenvalue weighted by atomic mass is 16.2. The molecular weight excluding hydrogens is 468 g/mol. The number of carbonyl (C=O) groups is 4. The van der Waals surface area contributed by atoms with Crippen molar-refractivity contribution < 1.29 is 19.2 Å². The predicted octanol–water partition coefficient (Wildman–Crippen LogP) is 2.60. The lowest BCUT2D eigenvalue weighted by molar-refractivity contribution is -0.132. The van der Waals surface area contributed by atoms with Crippen LogP contribution < -0.4 is 21.3 Å². The molecule has 0 aliphatic carbocycles. The van der Waals surface area contributed by atoms with Crippen LogP contribution in [-0.4, -0.2) is 42.8 Å². The molecule has 194 valence electrons. The van der Waals surface area contributed by atoms with Crippen LogP contribution in [0.25, 0.3) is 10.8 Å². The molecule has 8 nitrogen and oxygen atoms in total. The Morgan fingerprint density at radius 1 is 0.757 bits per heavy atom. The van der Waals surface area contributed by atoms with Gasteiger partial charge in [0.25, 0.3) is 0 Å².